The molecule has 0 spiro atoms. The van der Waals surface area contributed by atoms with Crippen molar-refractivity contribution in [1.82, 2.24) is 0 Å². The molecule has 18 heavy (non-hydrogen) atoms. The zero-order valence-electron chi connectivity index (χ0n) is 8.44. The molecule has 1 aliphatic heterocycles. The summed E-state index contributed by atoms with van der Waals surface area (Å²) in [5.74, 6) is -0.457. The number of allylic oxidation sites excluding steroid dienone is 2. The molecule has 3 fully saturated rings. The molecule has 8 heteroatoms. The lowest BCUT2D eigenvalue weighted by Crippen LogP contribution is -2.46. The van der Waals surface area contributed by atoms with Crippen molar-refractivity contribution in [3.8, 4) is 0 Å². The Hall–Kier alpha value is 1.73. The normalized spacial score (nSPS) is 63.2. The Morgan fingerprint density at radius 2 is 1.33 bits per heavy atom. The Bertz CT molecular complexity index is 476. The molecular weight excluding hydrogens is 384 g/mol. The second kappa shape index (κ2) is 3.38. The van der Waals surface area contributed by atoms with E-state index in [0.717, 1.165) is 0 Å². The standard InChI is InChI=1S/C10H5Cl7O/c11-3-1-2(4-5(3)18-4)9(15)7(13)6(12)8(1,14)10(9,16)17/h1-5H/t1-,2?,3+,4+,5-,8+,9-/m0/s1. The Balaban J connectivity index is 2.01. The molecule has 2 saturated carbocycles. The minimum absolute atomic E-state index is 0.0608. The highest BCUT2D eigenvalue weighted by atomic mass is 35.5. The predicted molar refractivity (Wildman–Crippen MR) is 75.6 cm³/mol. The Morgan fingerprint density at radius 1 is 0.833 bits per heavy atom. The van der Waals surface area contributed by atoms with Crippen molar-refractivity contribution in [2.24, 2.45) is 11.8 Å². The maximum Gasteiger partial charge on any atom is 0.166 e. The number of fused-ring (bicyclic) bond motifs is 7. The maximum atomic E-state index is 6.65. The first-order valence-corrected chi connectivity index (χ1v) is 8.02. The summed E-state index contributed by atoms with van der Waals surface area (Å²) in [5, 5.41) is 0.111. The van der Waals surface area contributed by atoms with Gasteiger partial charge in [-0.25, -0.2) is 0 Å². The van der Waals surface area contributed by atoms with Gasteiger partial charge in [0.05, 0.1) is 21.5 Å². The van der Waals surface area contributed by atoms with E-state index < -0.39 is 14.1 Å². The Kier molecular flexibility index (Phi) is 2.52. The topological polar surface area (TPSA) is 12.5 Å². The second-order valence-corrected chi connectivity index (χ2v) is 8.97. The summed E-state index contributed by atoms with van der Waals surface area (Å²) in [5.41, 5.74) is 0. The lowest BCUT2D eigenvalue weighted by atomic mass is 9.83. The van der Waals surface area contributed by atoms with Crippen LogP contribution in [-0.4, -0.2) is 31.7 Å². The molecule has 0 N–H and O–H groups in total. The molecule has 0 aromatic rings. The maximum absolute atomic E-state index is 6.65. The first-order valence-electron chi connectivity index (χ1n) is 5.32. The van der Waals surface area contributed by atoms with Crippen molar-refractivity contribution in [1.29, 1.82) is 0 Å². The van der Waals surface area contributed by atoms with E-state index in [9.17, 15) is 0 Å². The van der Waals surface area contributed by atoms with Gasteiger partial charge in [0.15, 0.2) is 4.33 Å². The second-order valence-electron chi connectivity index (χ2n) is 5.19. The fourth-order valence-corrected chi connectivity index (χ4v) is 7.49. The van der Waals surface area contributed by atoms with E-state index in [1.807, 2.05) is 0 Å². The number of halogens is 7. The summed E-state index contributed by atoms with van der Waals surface area (Å²) in [6.45, 7) is 0. The number of alkyl halides is 5. The quantitative estimate of drug-likeness (QED) is 0.441. The van der Waals surface area contributed by atoms with Crippen LogP contribution in [0.15, 0.2) is 10.1 Å². The minimum Gasteiger partial charge on any atom is -0.368 e. The largest absolute Gasteiger partial charge is 0.368 e. The van der Waals surface area contributed by atoms with Crippen LogP contribution in [0.5, 0.6) is 0 Å². The fraction of sp³-hybridized carbons (Fsp3) is 0.800. The fourth-order valence-electron chi connectivity index (χ4n) is 3.80. The molecule has 0 aromatic heterocycles. The van der Waals surface area contributed by atoms with Gasteiger partial charge < -0.3 is 4.74 Å². The van der Waals surface area contributed by atoms with Crippen molar-refractivity contribution < 1.29 is 4.74 Å². The third-order valence-corrected chi connectivity index (χ3v) is 9.44. The van der Waals surface area contributed by atoms with Gasteiger partial charge in [0.1, 0.15) is 15.9 Å². The van der Waals surface area contributed by atoms with Crippen LogP contribution < -0.4 is 0 Å². The summed E-state index contributed by atoms with van der Waals surface area (Å²) in [4.78, 5) is -2.48. The van der Waals surface area contributed by atoms with E-state index in [1.54, 1.807) is 0 Å². The van der Waals surface area contributed by atoms with Crippen LogP contribution in [0.1, 0.15) is 0 Å². The lowest BCUT2D eigenvalue weighted by Gasteiger charge is -2.35. The Morgan fingerprint density at radius 3 is 1.89 bits per heavy atom. The highest BCUT2D eigenvalue weighted by Crippen LogP contribution is 2.81. The van der Waals surface area contributed by atoms with Gasteiger partial charge in [-0.2, -0.15) is 0 Å². The van der Waals surface area contributed by atoms with E-state index in [4.69, 9.17) is 85.9 Å². The van der Waals surface area contributed by atoms with Crippen molar-refractivity contribution in [2.75, 3.05) is 0 Å². The summed E-state index contributed by atoms with van der Waals surface area (Å²) >= 11 is 45.0. The van der Waals surface area contributed by atoms with Crippen LogP contribution >= 0.6 is 81.2 Å². The average Bonchev–Trinajstić information content (AvgIpc) is 2.98. The number of ether oxygens (including phenoxy) is 1. The van der Waals surface area contributed by atoms with E-state index in [1.165, 1.54) is 0 Å². The van der Waals surface area contributed by atoms with Crippen LogP contribution in [0, 0.1) is 11.8 Å². The zero-order chi connectivity index (χ0) is 13.2. The summed E-state index contributed by atoms with van der Waals surface area (Å²) < 4.78 is 4.00. The van der Waals surface area contributed by atoms with Gasteiger partial charge in [0, 0.05) is 11.8 Å². The molecule has 0 aromatic carbocycles. The molecule has 4 aliphatic rings. The van der Waals surface area contributed by atoms with Crippen molar-refractivity contribution in [3.63, 3.8) is 0 Å². The third kappa shape index (κ3) is 1.02. The van der Waals surface area contributed by atoms with Gasteiger partial charge in [0.2, 0.25) is 0 Å². The smallest absolute Gasteiger partial charge is 0.166 e. The molecular formula is C10H5Cl7O. The van der Waals surface area contributed by atoms with Crippen LogP contribution in [0.2, 0.25) is 0 Å². The van der Waals surface area contributed by atoms with Gasteiger partial charge >= 0.3 is 0 Å². The summed E-state index contributed by atoms with van der Waals surface area (Å²) in [6.07, 6.45) is -0.152. The van der Waals surface area contributed by atoms with Crippen molar-refractivity contribution in [3.05, 3.63) is 10.1 Å². The molecule has 1 heterocycles. The number of hydrogen-bond donors (Lipinski definition) is 0. The van der Waals surface area contributed by atoms with Crippen LogP contribution in [-0.2, 0) is 4.74 Å². The molecule has 1 nitrogen and oxygen atoms in total. The molecule has 1 saturated heterocycles. The molecule has 7 atom stereocenters. The minimum atomic E-state index is -1.50. The number of epoxide rings is 1. The average molecular weight is 389 g/mol. The molecule has 0 radical (unpaired) electrons. The number of hydrogen-bond acceptors (Lipinski definition) is 1. The highest BCUT2D eigenvalue weighted by Gasteiger charge is 2.89. The molecule has 2 bridgehead atoms. The monoisotopic (exact) mass is 386 g/mol. The van der Waals surface area contributed by atoms with Crippen molar-refractivity contribution in [2.45, 2.75) is 31.7 Å². The predicted octanol–water partition coefficient (Wildman–Crippen LogP) is 4.45. The van der Waals surface area contributed by atoms with Crippen LogP contribution in [0.4, 0.5) is 0 Å². The molecule has 100 valence electrons. The third-order valence-electron chi connectivity index (χ3n) is 4.62. The zero-order valence-corrected chi connectivity index (χ0v) is 13.7. The molecule has 4 rings (SSSR count). The highest BCUT2D eigenvalue weighted by molar-refractivity contribution is 6.66. The SMILES string of the molecule is ClC1=C(Cl)[C@]2(Cl)[C@H]3C([C@H]4O[C@H]4[C@@H]3Cl)[C@@]1(Cl)C2(Cl)Cl. The lowest BCUT2D eigenvalue weighted by molar-refractivity contribution is 0.204. The number of rotatable bonds is 0. The van der Waals surface area contributed by atoms with E-state index in [-0.39, 0.29) is 39.5 Å². The van der Waals surface area contributed by atoms with Gasteiger partial charge in [-0.1, -0.05) is 46.4 Å². The first-order chi connectivity index (χ1) is 8.20. The van der Waals surface area contributed by atoms with Crippen molar-refractivity contribution >= 4 is 81.2 Å². The van der Waals surface area contributed by atoms with Gasteiger partial charge in [0.25, 0.3) is 0 Å². The Labute approximate surface area is 139 Å². The molecule has 3 aliphatic carbocycles. The molecule has 1 unspecified atom stereocenters. The summed E-state index contributed by atoms with van der Waals surface area (Å²) in [7, 11) is 0. The van der Waals surface area contributed by atoms with E-state index in [2.05, 4.69) is 0 Å². The van der Waals surface area contributed by atoms with E-state index in [0.29, 0.717) is 0 Å². The van der Waals surface area contributed by atoms with Gasteiger partial charge in [-0.05, 0) is 0 Å². The summed E-state index contributed by atoms with van der Waals surface area (Å²) in [6, 6.07) is 0. The van der Waals surface area contributed by atoms with Gasteiger partial charge in [-0.3, -0.25) is 0 Å². The van der Waals surface area contributed by atoms with Gasteiger partial charge in [-0.15, -0.1) is 34.8 Å². The first kappa shape index (κ1) is 13.4. The molecule has 0 amide bonds. The van der Waals surface area contributed by atoms with E-state index >= 15 is 0 Å². The van der Waals surface area contributed by atoms with Crippen LogP contribution in [0.25, 0.3) is 0 Å². The van der Waals surface area contributed by atoms with Crippen LogP contribution in [0.3, 0.4) is 0 Å².